The average Bonchev–Trinajstić information content (AvgIpc) is 3.03. The van der Waals surface area contributed by atoms with E-state index in [1.54, 1.807) is 37.7 Å². The van der Waals surface area contributed by atoms with E-state index in [9.17, 15) is 38.9 Å². The summed E-state index contributed by atoms with van der Waals surface area (Å²) in [6.45, 7) is 3.22. The molecule has 2 N–H and O–H groups in total. The number of carbonyl (C=O) groups excluding carboxylic acids is 2. The van der Waals surface area contributed by atoms with E-state index in [2.05, 4.69) is 25.3 Å². The zero-order valence-corrected chi connectivity index (χ0v) is 29.3. The summed E-state index contributed by atoms with van der Waals surface area (Å²) < 4.78 is 68.2. The summed E-state index contributed by atoms with van der Waals surface area (Å²) in [5, 5.41) is 12.1. The predicted octanol–water partition coefficient (Wildman–Crippen LogP) is 5.67. The van der Waals surface area contributed by atoms with Gasteiger partial charge in [-0.3, -0.25) is 14.4 Å². The molecule has 51 heavy (non-hydrogen) atoms. The zero-order chi connectivity index (χ0) is 37.3. The Labute approximate surface area is 292 Å². The van der Waals surface area contributed by atoms with Crippen molar-refractivity contribution in [2.75, 3.05) is 42.3 Å². The number of aromatic hydroxyl groups is 1. The number of pyridine rings is 1. The smallest absolute Gasteiger partial charge is 0.310 e. The molecule has 4 heterocycles. The van der Waals surface area contributed by atoms with Crippen LogP contribution in [-0.2, 0) is 17.8 Å². The van der Waals surface area contributed by atoms with Crippen LogP contribution in [0, 0.1) is 6.92 Å². The van der Waals surface area contributed by atoms with Gasteiger partial charge in [-0.25, -0.2) is 19.9 Å². The maximum Gasteiger partial charge on any atom is 0.310 e. The summed E-state index contributed by atoms with van der Waals surface area (Å²) >= 11 is 5.92. The third-order valence-corrected chi connectivity index (χ3v) is 10.6. The Morgan fingerprint density at radius 3 is 2.39 bits per heavy atom. The molecule has 3 aromatic heterocycles. The molecule has 2 amide bonds. The van der Waals surface area contributed by atoms with Crippen molar-refractivity contribution in [1.29, 1.82) is 0 Å². The van der Waals surface area contributed by atoms with E-state index in [0.29, 0.717) is 30.4 Å². The lowest BCUT2D eigenvalue weighted by atomic mass is 9.81. The van der Waals surface area contributed by atoms with Gasteiger partial charge in [0.25, 0.3) is 5.91 Å². The Morgan fingerprint density at radius 2 is 1.78 bits per heavy atom. The molecule has 0 bridgehead atoms. The van der Waals surface area contributed by atoms with Crippen LogP contribution in [0.3, 0.4) is 0 Å². The molecule has 6 rings (SSSR count). The molecule has 0 unspecified atom stereocenters. The molecule has 1 saturated heterocycles. The van der Waals surface area contributed by atoms with Gasteiger partial charge in [0.05, 0.1) is 28.6 Å². The zero-order valence-electron chi connectivity index (χ0n) is 27.7. The van der Waals surface area contributed by atoms with E-state index in [1.165, 1.54) is 17.1 Å². The summed E-state index contributed by atoms with van der Waals surface area (Å²) in [5.74, 6) is -1.21. The fourth-order valence-electron chi connectivity index (χ4n) is 6.46. The molecule has 2 atom stereocenters. The van der Waals surface area contributed by atoms with Gasteiger partial charge in [-0.15, -0.1) is 0 Å². The van der Waals surface area contributed by atoms with Gasteiger partial charge in [0.2, 0.25) is 11.3 Å². The minimum atomic E-state index is -10.0. The number of benzene rings is 1. The van der Waals surface area contributed by atoms with Crippen molar-refractivity contribution in [3.63, 3.8) is 0 Å². The van der Waals surface area contributed by atoms with Gasteiger partial charge < -0.3 is 29.7 Å². The molecule has 20 heteroatoms. The number of hydrogen-bond donors (Lipinski definition) is 2. The van der Waals surface area contributed by atoms with Crippen molar-refractivity contribution in [2.24, 2.45) is 0 Å². The summed E-state index contributed by atoms with van der Waals surface area (Å²) in [4.78, 5) is 61.2. The third-order valence-electron chi connectivity index (χ3n) is 9.12. The minimum Gasteiger partial charge on any atom is -0.504 e. The summed E-state index contributed by atoms with van der Waals surface area (Å²) in [6.07, 6.45) is 4.10. The van der Waals surface area contributed by atoms with Gasteiger partial charge in [0.15, 0.2) is 22.6 Å². The van der Waals surface area contributed by atoms with Crippen molar-refractivity contribution >= 4 is 62.0 Å². The number of nitrogens with zero attached hydrogens (tertiary/aromatic N) is 8. The minimum absolute atomic E-state index is 0.0461. The fraction of sp³-hybridized carbons (Fsp3) is 0.387. The second-order valence-electron chi connectivity index (χ2n) is 12.6. The highest BCUT2D eigenvalue weighted by atomic mass is 35.5. The van der Waals surface area contributed by atoms with Crippen LogP contribution >= 0.6 is 21.8 Å². The van der Waals surface area contributed by atoms with Crippen LogP contribution in [0.4, 0.5) is 36.6 Å². The molecule has 1 aliphatic heterocycles. The Balaban J connectivity index is 1.38. The van der Waals surface area contributed by atoms with E-state index in [1.807, 2.05) is 4.90 Å². The Hall–Kier alpha value is -4.78. The highest BCUT2D eigenvalue weighted by molar-refractivity contribution is 8.45. The standard InChI is InChI=1S/C31H33ClF5N9O4S/c1-5-20-27(44-10-11-45(22-9-8-21(22)44)31(50)26-28(48)16(2)39-15-40-26)29(49)25-30(38-13-23(42-25)43(3)4)46(20)14-24(47)41-19-7-6-17(12-18(19)32)51(33,34,35,36)37/h6-7,12-13,15,21-22,48H,5,8-11,14H2,1-4H3,(H,41,47)/t21-,22-/m0/s1. The molecule has 1 saturated carbocycles. The largest absolute Gasteiger partial charge is 0.504 e. The van der Waals surface area contributed by atoms with Crippen LogP contribution in [0.15, 0.2) is 40.4 Å². The number of fused-ring (bicyclic) bond motifs is 2. The molecule has 274 valence electrons. The van der Waals surface area contributed by atoms with Crippen molar-refractivity contribution in [2.45, 2.75) is 56.6 Å². The first-order valence-electron chi connectivity index (χ1n) is 15.7. The number of hydrogen-bond acceptors (Lipinski definition) is 10. The van der Waals surface area contributed by atoms with Gasteiger partial charge in [-0.2, -0.15) is 0 Å². The number of piperazine rings is 1. The third kappa shape index (κ3) is 6.59. The first-order chi connectivity index (χ1) is 23.7. The van der Waals surface area contributed by atoms with Crippen molar-refractivity contribution < 1.29 is 34.1 Å². The maximum absolute atomic E-state index is 14.3. The van der Waals surface area contributed by atoms with Crippen molar-refractivity contribution in [3.05, 3.63) is 63.1 Å². The number of nitrogens with one attached hydrogen (secondary N) is 1. The highest BCUT2D eigenvalue weighted by Gasteiger charge is 2.65. The summed E-state index contributed by atoms with van der Waals surface area (Å²) in [7, 11) is -6.61. The molecule has 2 aliphatic rings. The normalized spacial score (nSPS) is 18.8. The van der Waals surface area contributed by atoms with Crippen molar-refractivity contribution in [1.82, 2.24) is 29.4 Å². The number of halogens is 6. The van der Waals surface area contributed by atoms with Crippen molar-refractivity contribution in [3.8, 4) is 5.75 Å². The van der Waals surface area contributed by atoms with E-state index >= 15 is 0 Å². The van der Waals surface area contributed by atoms with Gasteiger partial charge >= 0.3 is 10.2 Å². The van der Waals surface area contributed by atoms with Crippen LogP contribution in [-0.4, -0.2) is 85.6 Å². The van der Waals surface area contributed by atoms with Crippen LogP contribution in [0.2, 0.25) is 5.02 Å². The topological polar surface area (TPSA) is 150 Å². The molecule has 0 spiro atoms. The molecule has 0 radical (unpaired) electrons. The summed E-state index contributed by atoms with van der Waals surface area (Å²) in [5.41, 5.74) is 0.0400. The Morgan fingerprint density at radius 1 is 1.08 bits per heavy atom. The van der Waals surface area contributed by atoms with Crippen LogP contribution < -0.4 is 20.5 Å². The first-order valence-corrected chi connectivity index (χ1v) is 18.0. The van der Waals surface area contributed by atoms with Gasteiger partial charge in [-0.05, 0) is 44.4 Å². The number of anilines is 3. The molecule has 1 aliphatic carbocycles. The van der Waals surface area contributed by atoms with E-state index in [-0.39, 0.29) is 83.4 Å². The molecular weight excluding hydrogens is 725 g/mol. The average molecular weight is 758 g/mol. The number of amides is 2. The van der Waals surface area contributed by atoms with Crippen LogP contribution in [0.25, 0.3) is 11.2 Å². The Kier molecular flexibility index (Phi) is 8.40. The van der Waals surface area contributed by atoms with Crippen LogP contribution in [0.1, 0.15) is 41.6 Å². The highest BCUT2D eigenvalue weighted by Crippen LogP contribution is 3.02. The molecule has 2 fully saturated rings. The lowest BCUT2D eigenvalue weighted by Crippen LogP contribution is -2.67. The molecule has 4 aromatic rings. The monoisotopic (exact) mass is 757 g/mol. The quantitative estimate of drug-likeness (QED) is 0.216. The number of aromatic nitrogens is 5. The van der Waals surface area contributed by atoms with Crippen LogP contribution in [0.5, 0.6) is 5.75 Å². The second-order valence-corrected chi connectivity index (χ2v) is 15.4. The molecule has 1 aromatic carbocycles. The van der Waals surface area contributed by atoms with E-state index in [0.717, 1.165) is 0 Å². The number of carbonyl (C=O) groups is 2. The second kappa shape index (κ2) is 11.9. The predicted molar refractivity (Wildman–Crippen MR) is 183 cm³/mol. The molecular formula is C31H33ClF5N9O4S. The summed E-state index contributed by atoms with van der Waals surface area (Å²) in [6, 6.07) is 0.222. The fourth-order valence-corrected chi connectivity index (χ4v) is 7.42. The van der Waals surface area contributed by atoms with Gasteiger partial charge in [0.1, 0.15) is 29.3 Å². The molecule has 13 nitrogen and oxygen atoms in total. The van der Waals surface area contributed by atoms with Gasteiger partial charge in [-0.1, -0.05) is 38.0 Å². The number of rotatable bonds is 8. The van der Waals surface area contributed by atoms with E-state index < -0.39 is 43.9 Å². The lowest BCUT2D eigenvalue weighted by Gasteiger charge is -2.54. The maximum atomic E-state index is 14.3. The first kappa shape index (κ1) is 36.0. The van der Waals surface area contributed by atoms with E-state index in [4.69, 9.17) is 11.6 Å². The number of aryl methyl sites for hydroxylation is 1. The Bertz CT molecular complexity index is 2170. The lowest BCUT2D eigenvalue weighted by molar-refractivity contribution is -0.116. The SMILES string of the molecule is CCc1c(N2CCN(C(=O)c3ncnc(C)c3O)[C@H]3CC[C@@H]32)c(=O)c2nc(N(C)C)cnc2n1CC(=O)Nc1ccc(S(F)(F)(F)(F)F)cc1Cl. The van der Waals surface area contributed by atoms with Gasteiger partial charge in [0, 0.05) is 38.9 Å².